The maximum absolute atomic E-state index is 12.0. The van der Waals surface area contributed by atoms with Crippen LogP contribution in [0.25, 0.3) is 21.9 Å². The van der Waals surface area contributed by atoms with Crippen molar-refractivity contribution in [1.29, 1.82) is 0 Å². The zero-order valence-electron chi connectivity index (χ0n) is 8.64. The second kappa shape index (κ2) is 3.79. The average molecular weight is 213 g/mol. The lowest BCUT2D eigenvalue weighted by molar-refractivity contribution is 0.660. The third-order valence-electron chi connectivity index (χ3n) is 2.48. The molecule has 0 aliphatic rings. The van der Waals surface area contributed by atoms with Gasteiger partial charge in [-0.25, -0.2) is 0 Å². The van der Waals surface area contributed by atoms with E-state index in [0.29, 0.717) is 21.9 Å². The first-order valence-electron chi connectivity index (χ1n) is 4.77. The van der Waals surface area contributed by atoms with Crippen LogP contribution >= 0.6 is 0 Å². The van der Waals surface area contributed by atoms with Gasteiger partial charge in [-0.15, -0.1) is 0 Å². The van der Waals surface area contributed by atoms with Gasteiger partial charge < -0.3 is 10.6 Å². The van der Waals surface area contributed by atoms with Crippen LogP contribution < -0.4 is 11.6 Å². The van der Waals surface area contributed by atoms with E-state index >= 15 is 0 Å². The Morgan fingerprint density at radius 3 is 1.69 bits per heavy atom. The SMILES string of the molecule is N.O=c1c2ccccc2oc2ccccc12. The van der Waals surface area contributed by atoms with Crippen molar-refractivity contribution in [3.05, 3.63) is 58.8 Å². The van der Waals surface area contributed by atoms with E-state index in [9.17, 15) is 4.79 Å². The van der Waals surface area contributed by atoms with Gasteiger partial charge in [0.15, 0.2) is 0 Å². The molecule has 3 heteroatoms. The third-order valence-corrected chi connectivity index (χ3v) is 2.48. The van der Waals surface area contributed by atoms with Crippen molar-refractivity contribution in [1.82, 2.24) is 6.15 Å². The quantitative estimate of drug-likeness (QED) is 0.583. The van der Waals surface area contributed by atoms with Gasteiger partial charge in [-0.05, 0) is 24.3 Å². The van der Waals surface area contributed by atoms with E-state index in [1.54, 1.807) is 12.1 Å². The minimum absolute atomic E-state index is 0. The molecule has 0 radical (unpaired) electrons. The van der Waals surface area contributed by atoms with E-state index in [1.807, 2.05) is 36.4 Å². The van der Waals surface area contributed by atoms with E-state index in [0.717, 1.165) is 0 Å². The Kier molecular flexibility index (Phi) is 2.46. The molecule has 16 heavy (non-hydrogen) atoms. The van der Waals surface area contributed by atoms with Gasteiger partial charge in [0.2, 0.25) is 5.43 Å². The average Bonchev–Trinajstić information content (AvgIpc) is 2.30. The van der Waals surface area contributed by atoms with Crippen molar-refractivity contribution in [3.8, 4) is 0 Å². The van der Waals surface area contributed by atoms with Crippen LogP contribution in [0.2, 0.25) is 0 Å². The fourth-order valence-electron chi connectivity index (χ4n) is 1.75. The fraction of sp³-hybridized carbons (Fsp3) is 0. The first-order valence-corrected chi connectivity index (χ1v) is 4.77. The van der Waals surface area contributed by atoms with Crippen LogP contribution in [0.5, 0.6) is 0 Å². The highest BCUT2D eigenvalue weighted by atomic mass is 16.3. The largest absolute Gasteiger partial charge is 0.456 e. The Morgan fingerprint density at radius 1 is 0.750 bits per heavy atom. The van der Waals surface area contributed by atoms with Crippen molar-refractivity contribution < 1.29 is 4.42 Å². The first-order chi connectivity index (χ1) is 7.36. The number of hydrogen-bond donors (Lipinski definition) is 1. The Hall–Kier alpha value is -2.13. The van der Waals surface area contributed by atoms with Gasteiger partial charge in [0.25, 0.3) is 0 Å². The van der Waals surface area contributed by atoms with Crippen LogP contribution in [0, 0.1) is 0 Å². The lowest BCUT2D eigenvalue weighted by atomic mass is 10.1. The normalized spacial score (nSPS) is 10.2. The van der Waals surface area contributed by atoms with Gasteiger partial charge in [0.05, 0.1) is 10.8 Å². The van der Waals surface area contributed by atoms with Crippen molar-refractivity contribution in [2.75, 3.05) is 0 Å². The molecule has 80 valence electrons. The number of hydrogen-bond acceptors (Lipinski definition) is 3. The van der Waals surface area contributed by atoms with Gasteiger partial charge >= 0.3 is 0 Å². The molecular weight excluding hydrogens is 202 g/mol. The van der Waals surface area contributed by atoms with Crippen molar-refractivity contribution in [2.45, 2.75) is 0 Å². The molecule has 0 atom stereocenters. The molecule has 0 fully saturated rings. The van der Waals surface area contributed by atoms with Gasteiger partial charge in [-0.3, -0.25) is 4.79 Å². The second-order valence-corrected chi connectivity index (χ2v) is 3.42. The lowest BCUT2D eigenvalue weighted by Gasteiger charge is -1.99. The number of benzene rings is 2. The molecule has 0 aliphatic heterocycles. The third kappa shape index (κ3) is 1.38. The smallest absolute Gasteiger partial charge is 0.200 e. The molecule has 3 N–H and O–H groups in total. The molecule has 0 spiro atoms. The van der Waals surface area contributed by atoms with E-state index in [2.05, 4.69) is 0 Å². The fourth-order valence-corrected chi connectivity index (χ4v) is 1.75. The summed E-state index contributed by atoms with van der Waals surface area (Å²) in [6, 6.07) is 14.6. The highest BCUT2D eigenvalue weighted by Gasteiger charge is 2.04. The van der Waals surface area contributed by atoms with Crippen LogP contribution in [-0.4, -0.2) is 0 Å². The van der Waals surface area contributed by atoms with Gasteiger partial charge in [-0.2, -0.15) is 0 Å². The highest BCUT2D eigenvalue weighted by molar-refractivity contribution is 5.89. The molecule has 0 bridgehead atoms. The van der Waals surface area contributed by atoms with Gasteiger partial charge in [0.1, 0.15) is 11.2 Å². The van der Waals surface area contributed by atoms with Crippen molar-refractivity contribution >= 4 is 21.9 Å². The molecular formula is C13H11NO2. The molecule has 1 heterocycles. The zero-order valence-corrected chi connectivity index (χ0v) is 8.64. The van der Waals surface area contributed by atoms with Gasteiger partial charge in [-0.1, -0.05) is 24.3 Å². The summed E-state index contributed by atoms with van der Waals surface area (Å²) < 4.78 is 5.63. The van der Waals surface area contributed by atoms with E-state index in [4.69, 9.17) is 4.42 Å². The summed E-state index contributed by atoms with van der Waals surface area (Å²) in [5.74, 6) is 0. The predicted octanol–water partition coefficient (Wildman–Crippen LogP) is 3.11. The summed E-state index contributed by atoms with van der Waals surface area (Å²) in [6.07, 6.45) is 0. The van der Waals surface area contributed by atoms with E-state index in [1.165, 1.54) is 0 Å². The Labute approximate surface area is 91.9 Å². The number of para-hydroxylation sites is 2. The van der Waals surface area contributed by atoms with Crippen LogP contribution in [0.15, 0.2) is 57.7 Å². The summed E-state index contributed by atoms with van der Waals surface area (Å²) in [6.45, 7) is 0. The number of rotatable bonds is 0. The predicted molar refractivity (Wildman–Crippen MR) is 65.0 cm³/mol. The monoisotopic (exact) mass is 213 g/mol. The van der Waals surface area contributed by atoms with Crippen LogP contribution in [0.4, 0.5) is 0 Å². The lowest BCUT2D eigenvalue weighted by Crippen LogP contribution is -2.01. The second-order valence-electron chi connectivity index (χ2n) is 3.42. The Morgan fingerprint density at radius 2 is 1.19 bits per heavy atom. The summed E-state index contributed by atoms with van der Waals surface area (Å²) in [7, 11) is 0. The molecule has 0 saturated carbocycles. The topological polar surface area (TPSA) is 65.2 Å². The van der Waals surface area contributed by atoms with Crippen LogP contribution in [0.1, 0.15) is 0 Å². The maximum atomic E-state index is 12.0. The standard InChI is InChI=1S/C13H8O2.H3N/c14-13-9-5-1-3-7-11(9)15-12-8-4-2-6-10(12)13;/h1-8H;1H3. The molecule has 0 saturated heterocycles. The maximum Gasteiger partial charge on any atom is 0.200 e. The minimum Gasteiger partial charge on any atom is -0.456 e. The number of fused-ring (bicyclic) bond motifs is 2. The Bertz CT molecular complexity index is 644. The molecule has 2 aromatic carbocycles. The summed E-state index contributed by atoms with van der Waals surface area (Å²) in [4.78, 5) is 12.0. The highest BCUT2D eigenvalue weighted by Crippen LogP contribution is 2.17. The molecule has 3 nitrogen and oxygen atoms in total. The zero-order chi connectivity index (χ0) is 10.3. The molecule has 0 amide bonds. The summed E-state index contributed by atoms with van der Waals surface area (Å²) in [5.41, 5.74) is 1.31. The summed E-state index contributed by atoms with van der Waals surface area (Å²) >= 11 is 0. The molecule has 0 unspecified atom stereocenters. The molecule has 1 aromatic heterocycles. The summed E-state index contributed by atoms with van der Waals surface area (Å²) in [5, 5.41) is 1.27. The molecule has 3 rings (SSSR count). The minimum atomic E-state index is 0. The molecule has 0 aliphatic carbocycles. The van der Waals surface area contributed by atoms with Crippen LogP contribution in [0.3, 0.4) is 0 Å². The molecule has 3 aromatic rings. The van der Waals surface area contributed by atoms with Crippen LogP contribution in [-0.2, 0) is 0 Å². The Balaban J connectivity index is 0.000000963. The van der Waals surface area contributed by atoms with E-state index < -0.39 is 0 Å². The van der Waals surface area contributed by atoms with Gasteiger partial charge in [0, 0.05) is 0 Å². The van der Waals surface area contributed by atoms with Crippen molar-refractivity contribution in [3.63, 3.8) is 0 Å². The first kappa shape index (κ1) is 10.4. The van der Waals surface area contributed by atoms with E-state index in [-0.39, 0.29) is 11.6 Å². The van der Waals surface area contributed by atoms with Crippen molar-refractivity contribution in [2.24, 2.45) is 0 Å².